The molecule has 218 valence electrons. The fourth-order valence-electron chi connectivity index (χ4n) is 5.92. The summed E-state index contributed by atoms with van der Waals surface area (Å²) in [5, 5.41) is 10.1. The fraction of sp³-hybridized carbons (Fsp3) is 0.481. The van der Waals surface area contributed by atoms with Gasteiger partial charge in [0.05, 0.1) is 10.7 Å². The fourth-order valence-corrected chi connectivity index (χ4v) is 6.88. The predicted molar refractivity (Wildman–Crippen MR) is 136 cm³/mol. The second kappa shape index (κ2) is 10.1. The van der Waals surface area contributed by atoms with E-state index in [1.54, 1.807) is 0 Å². The molecule has 1 saturated heterocycles. The quantitative estimate of drug-likeness (QED) is 0.339. The summed E-state index contributed by atoms with van der Waals surface area (Å²) in [6, 6.07) is 8.13. The van der Waals surface area contributed by atoms with Gasteiger partial charge < -0.3 is 9.74 Å². The van der Waals surface area contributed by atoms with E-state index in [0.717, 1.165) is 35.5 Å². The number of halogens is 6. The van der Waals surface area contributed by atoms with Gasteiger partial charge in [0.1, 0.15) is 18.0 Å². The maximum Gasteiger partial charge on any atom is 0.435 e. The van der Waals surface area contributed by atoms with Gasteiger partial charge in [0, 0.05) is 42.4 Å². The van der Waals surface area contributed by atoms with Crippen molar-refractivity contribution >= 4 is 23.0 Å². The molecule has 41 heavy (non-hydrogen) atoms. The van der Waals surface area contributed by atoms with Gasteiger partial charge in [0.25, 0.3) is 0 Å². The Balaban J connectivity index is 1.14. The lowest BCUT2D eigenvalue weighted by Gasteiger charge is -2.33. The van der Waals surface area contributed by atoms with E-state index in [-0.39, 0.29) is 29.8 Å². The molecule has 1 amide bonds. The molecule has 2 aromatic heterocycles. The van der Waals surface area contributed by atoms with Crippen molar-refractivity contribution in [3.63, 3.8) is 0 Å². The molecule has 6 rings (SSSR count). The SMILES string of the molecule is O=C(Cn1nc(C(F)(F)F)cc1C(F)(F)F)N1CCCC(c2nc(C3=NOC4(CCCc5ccccc54)C3)cs2)C1. The number of amides is 1. The Kier molecular flexibility index (Phi) is 6.86. The number of nitrogens with zero attached hydrogens (tertiary/aromatic N) is 5. The third-order valence-corrected chi connectivity index (χ3v) is 8.91. The molecule has 0 bridgehead atoms. The Bertz CT molecular complexity index is 1500. The number of aromatic nitrogens is 3. The molecule has 4 heterocycles. The Morgan fingerprint density at radius 2 is 1.93 bits per heavy atom. The van der Waals surface area contributed by atoms with Crippen LogP contribution in [0.5, 0.6) is 0 Å². The van der Waals surface area contributed by atoms with Crippen LogP contribution in [-0.4, -0.2) is 44.4 Å². The average Bonchev–Trinajstić information content (AvgIpc) is 3.68. The van der Waals surface area contributed by atoms with E-state index in [4.69, 9.17) is 9.82 Å². The topological polar surface area (TPSA) is 72.6 Å². The van der Waals surface area contributed by atoms with Gasteiger partial charge in [-0.05, 0) is 37.7 Å². The van der Waals surface area contributed by atoms with E-state index < -0.39 is 41.8 Å². The highest BCUT2D eigenvalue weighted by Gasteiger charge is 2.45. The first-order chi connectivity index (χ1) is 19.4. The zero-order valence-electron chi connectivity index (χ0n) is 21.6. The molecule has 2 atom stereocenters. The minimum atomic E-state index is -5.09. The van der Waals surface area contributed by atoms with E-state index in [2.05, 4.69) is 22.4 Å². The van der Waals surface area contributed by atoms with E-state index in [9.17, 15) is 31.1 Å². The van der Waals surface area contributed by atoms with E-state index in [1.807, 2.05) is 17.5 Å². The number of carbonyl (C=O) groups is 1. The van der Waals surface area contributed by atoms with Crippen molar-refractivity contribution in [2.75, 3.05) is 13.1 Å². The number of likely N-dealkylation sites (tertiary alicyclic amines) is 1. The number of rotatable bonds is 4. The standard InChI is InChI=1S/C27H25F6N5O2S/c28-26(29,30)21-11-22(27(31,32)33)38(35-21)14-23(39)37-10-4-7-17(13-37)24-34-20(15-41-24)19-12-25(40-36-19)9-3-6-16-5-1-2-8-18(16)25/h1-2,5,8,11,15,17H,3-4,6-7,9-10,12-14H2. The van der Waals surface area contributed by atoms with Crippen LogP contribution in [0.25, 0.3) is 0 Å². The number of benzene rings is 1. The summed E-state index contributed by atoms with van der Waals surface area (Å²) in [6.45, 7) is -0.468. The number of hydrogen-bond donors (Lipinski definition) is 0. The molecule has 0 radical (unpaired) electrons. The summed E-state index contributed by atoms with van der Waals surface area (Å²) >= 11 is 1.42. The number of piperidine rings is 1. The van der Waals surface area contributed by atoms with Crippen LogP contribution >= 0.6 is 11.3 Å². The lowest BCUT2D eigenvalue weighted by atomic mass is 9.76. The number of oxime groups is 1. The van der Waals surface area contributed by atoms with Gasteiger partial charge in [-0.15, -0.1) is 11.3 Å². The minimum Gasteiger partial charge on any atom is -0.384 e. The summed E-state index contributed by atoms with van der Waals surface area (Å²) in [4.78, 5) is 25.1. The van der Waals surface area contributed by atoms with Crippen molar-refractivity contribution in [1.82, 2.24) is 19.7 Å². The van der Waals surface area contributed by atoms with Gasteiger partial charge >= 0.3 is 12.4 Å². The molecule has 0 saturated carbocycles. The zero-order chi connectivity index (χ0) is 29.0. The Morgan fingerprint density at radius 3 is 2.71 bits per heavy atom. The third-order valence-electron chi connectivity index (χ3n) is 7.91. The summed E-state index contributed by atoms with van der Waals surface area (Å²) in [5.41, 5.74) is 0.0287. The highest BCUT2D eigenvalue weighted by Crippen LogP contribution is 2.45. The van der Waals surface area contributed by atoms with Gasteiger partial charge in [0.2, 0.25) is 5.91 Å². The van der Waals surface area contributed by atoms with Crippen LogP contribution in [0.2, 0.25) is 0 Å². The predicted octanol–water partition coefficient (Wildman–Crippen LogP) is 6.14. The second-order valence-corrected chi connectivity index (χ2v) is 11.5. The van der Waals surface area contributed by atoms with Crippen LogP contribution in [0.1, 0.15) is 71.2 Å². The molecule has 0 N–H and O–H groups in total. The number of thiazole rings is 1. The Labute approximate surface area is 234 Å². The first-order valence-electron chi connectivity index (χ1n) is 13.2. The van der Waals surface area contributed by atoms with Crippen LogP contribution < -0.4 is 0 Å². The van der Waals surface area contributed by atoms with Gasteiger partial charge in [0.15, 0.2) is 11.3 Å². The summed E-state index contributed by atoms with van der Waals surface area (Å²) in [5.74, 6) is -0.899. The maximum atomic E-state index is 13.4. The van der Waals surface area contributed by atoms with E-state index >= 15 is 0 Å². The molecule has 2 aliphatic heterocycles. The number of carbonyl (C=O) groups excluding carboxylic acids is 1. The lowest BCUT2D eigenvalue weighted by molar-refractivity contribution is -0.146. The van der Waals surface area contributed by atoms with Crippen LogP contribution in [0.15, 0.2) is 40.9 Å². The van der Waals surface area contributed by atoms with Gasteiger partial charge in [-0.25, -0.2) is 4.98 Å². The second-order valence-electron chi connectivity index (χ2n) is 10.6. The summed E-state index contributed by atoms with van der Waals surface area (Å²) < 4.78 is 79.3. The minimum absolute atomic E-state index is 0.0745. The third kappa shape index (κ3) is 5.33. The van der Waals surface area contributed by atoms with Crippen molar-refractivity contribution < 1.29 is 36.0 Å². The average molecular weight is 598 g/mol. The smallest absolute Gasteiger partial charge is 0.384 e. The molecule has 3 aliphatic rings. The van der Waals surface area contributed by atoms with Crippen molar-refractivity contribution in [3.8, 4) is 0 Å². The van der Waals surface area contributed by atoms with Crippen LogP contribution in [0, 0.1) is 0 Å². The van der Waals surface area contributed by atoms with E-state index in [1.165, 1.54) is 21.8 Å². The number of fused-ring (bicyclic) bond motifs is 2. The lowest BCUT2D eigenvalue weighted by Crippen LogP contribution is -2.41. The zero-order valence-corrected chi connectivity index (χ0v) is 22.5. The van der Waals surface area contributed by atoms with Crippen LogP contribution in [-0.2, 0) is 40.6 Å². The molecular weight excluding hydrogens is 572 g/mol. The first kappa shape index (κ1) is 27.7. The first-order valence-corrected chi connectivity index (χ1v) is 14.1. The molecule has 1 spiro atoms. The molecule has 1 aliphatic carbocycles. The normalized spacial score (nSPS) is 22.9. The van der Waals surface area contributed by atoms with Crippen molar-refractivity contribution in [2.45, 2.75) is 68.9 Å². The largest absolute Gasteiger partial charge is 0.435 e. The van der Waals surface area contributed by atoms with Gasteiger partial charge in [-0.1, -0.05) is 29.4 Å². The molecule has 3 aromatic rings. The van der Waals surface area contributed by atoms with Gasteiger partial charge in [-0.2, -0.15) is 31.4 Å². The van der Waals surface area contributed by atoms with Crippen molar-refractivity contribution in [3.05, 3.63) is 68.9 Å². The van der Waals surface area contributed by atoms with E-state index in [0.29, 0.717) is 25.0 Å². The monoisotopic (exact) mass is 597 g/mol. The van der Waals surface area contributed by atoms with Crippen LogP contribution in [0.3, 0.4) is 0 Å². The number of aryl methyl sites for hydroxylation is 1. The molecule has 14 heteroatoms. The molecule has 1 fully saturated rings. The van der Waals surface area contributed by atoms with Crippen molar-refractivity contribution in [1.29, 1.82) is 0 Å². The molecule has 1 aromatic carbocycles. The highest BCUT2D eigenvalue weighted by molar-refractivity contribution is 7.10. The molecule has 7 nitrogen and oxygen atoms in total. The summed E-state index contributed by atoms with van der Waals surface area (Å²) in [7, 11) is 0. The van der Waals surface area contributed by atoms with Gasteiger partial charge in [-0.3, -0.25) is 9.48 Å². The molecule has 2 unspecified atom stereocenters. The maximum absolute atomic E-state index is 13.4. The van der Waals surface area contributed by atoms with Crippen LogP contribution in [0.4, 0.5) is 26.3 Å². The molecular formula is C27H25F6N5O2S. The highest BCUT2D eigenvalue weighted by atomic mass is 32.1. The van der Waals surface area contributed by atoms with Crippen molar-refractivity contribution in [2.24, 2.45) is 5.16 Å². The summed E-state index contributed by atoms with van der Waals surface area (Å²) in [6.07, 6.45) is -5.44. The Morgan fingerprint density at radius 1 is 1.12 bits per heavy atom. The number of alkyl halides is 6. The number of hydrogen-bond acceptors (Lipinski definition) is 6. The Hall–Kier alpha value is -3.42.